The zero-order chi connectivity index (χ0) is 21.5. The number of nitrogens with one attached hydrogen (secondary N) is 1. The van der Waals surface area contributed by atoms with Crippen molar-refractivity contribution in [2.75, 3.05) is 23.9 Å². The Kier molecular flexibility index (Phi) is 4.60. The second-order valence-electron chi connectivity index (χ2n) is 6.97. The van der Waals surface area contributed by atoms with E-state index in [1.165, 1.54) is 13.2 Å². The minimum atomic E-state index is -0.373. The van der Waals surface area contributed by atoms with E-state index < -0.39 is 0 Å². The van der Waals surface area contributed by atoms with Crippen LogP contribution in [0.3, 0.4) is 0 Å². The molecular formula is C20H19FN8O2. The monoisotopic (exact) mass is 422 g/mol. The molecule has 1 aliphatic rings. The van der Waals surface area contributed by atoms with Crippen molar-refractivity contribution < 1.29 is 13.9 Å². The van der Waals surface area contributed by atoms with Crippen molar-refractivity contribution in [3.63, 3.8) is 0 Å². The maximum Gasteiger partial charge on any atom is 0.205 e. The Morgan fingerprint density at radius 2 is 1.94 bits per heavy atom. The molecule has 0 amide bonds. The largest absolute Gasteiger partial charge is 0.382 e. The summed E-state index contributed by atoms with van der Waals surface area (Å²) in [5.41, 5.74) is 14.1. The van der Waals surface area contributed by atoms with E-state index in [1.807, 2.05) is 6.07 Å². The average molecular weight is 422 g/mol. The lowest BCUT2D eigenvalue weighted by molar-refractivity contribution is 0.0950. The van der Waals surface area contributed by atoms with Gasteiger partial charge in [0.25, 0.3) is 0 Å². The molecule has 2 unspecified atom stereocenters. The number of ether oxygens (including phenoxy) is 2. The van der Waals surface area contributed by atoms with Gasteiger partial charge in [-0.2, -0.15) is 5.10 Å². The number of epoxide rings is 1. The maximum atomic E-state index is 14.2. The fourth-order valence-electron chi connectivity index (χ4n) is 3.35. The number of hydrogen-bond donors (Lipinski definition) is 3. The van der Waals surface area contributed by atoms with E-state index in [0.29, 0.717) is 28.0 Å². The molecule has 1 aromatic carbocycles. The summed E-state index contributed by atoms with van der Waals surface area (Å²) >= 11 is 0. The third-order valence-electron chi connectivity index (χ3n) is 4.93. The van der Waals surface area contributed by atoms with Gasteiger partial charge in [0.1, 0.15) is 17.2 Å². The molecule has 5 rings (SSSR count). The van der Waals surface area contributed by atoms with Gasteiger partial charge in [-0.15, -0.1) is 0 Å². The van der Waals surface area contributed by atoms with E-state index in [1.54, 1.807) is 35.1 Å². The Bertz CT molecular complexity index is 1250. The maximum absolute atomic E-state index is 14.2. The second-order valence-corrected chi connectivity index (χ2v) is 6.97. The smallest absolute Gasteiger partial charge is 0.205 e. The topological polar surface area (TPSA) is 142 Å². The molecule has 0 aliphatic carbocycles. The lowest BCUT2D eigenvalue weighted by Gasteiger charge is -2.10. The van der Waals surface area contributed by atoms with Crippen molar-refractivity contribution in [1.82, 2.24) is 24.7 Å². The number of methoxy groups -OCH3 is 1. The Labute approximate surface area is 176 Å². The van der Waals surface area contributed by atoms with E-state index in [0.717, 1.165) is 0 Å². The van der Waals surface area contributed by atoms with E-state index >= 15 is 0 Å². The normalized spacial score (nSPS) is 17.7. The Hall–Kier alpha value is -3.83. The first-order valence-electron chi connectivity index (χ1n) is 9.48. The summed E-state index contributed by atoms with van der Waals surface area (Å²) < 4.78 is 26.1. The summed E-state index contributed by atoms with van der Waals surface area (Å²) in [6.45, 7) is 0.197. The predicted molar refractivity (Wildman–Crippen MR) is 112 cm³/mol. The van der Waals surface area contributed by atoms with Gasteiger partial charge in [-0.1, -0.05) is 18.2 Å². The van der Waals surface area contributed by atoms with Gasteiger partial charge in [0.2, 0.25) is 6.29 Å². The molecule has 31 heavy (non-hydrogen) atoms. The number of anilines is 3. The van der Waals surface area contributed by atoms with Gasteiger partial charge in [0.15, 0.2) is 29.3 Å². The molecule has 4 heterocycles. The van der Waals surface area contributed by atoms with Crippen LogP contribution < -0.4 is 16.8 Å². The number of aromatic nitrogens is 5. The van der Waals surface area contributed by atoms with Crippen LogP contribution in [-0.2, 0) is 16.0 Å². The van der Waals surface area contributed by atoms with Crippen LogP contribution in [0, 0.1) is 5.82 Å². The first kappa shape index (κ1) is 19.2. The molecular weight excluding hydrogens is 403 g/mol. The minimum absolute atomic E-state index is 0.147. The molecule has 0 spiro atoms. The molecule has 1 aliphatic heterocycles. The van der Waals surface area contributed by atoms with E-state index in [9.17, 15) is 4.39 Å². The van der Waals surface area contributed by atoms with Gasteiger partial charge in [-0.3, -0.25) is 0 Å². The summed E-state index contributed by atoms with van der Waals surface area (Å²) in [5, 5.41) is 8.30. The Morgan fingerprint density at radius 1 is 1.16 bits per heavy atom. The van der Waals surface area contributed by atoms with Crippen molar-refractivity contribution in [1.29, 1.82) is 0 Å². The second kappa shape index (κ2) is 7.45. The van der Waals surface area contributed by atoms with Crippen LogP contribution in [0.15, 0.2) is 42.6 Å². The van der Waals surface area contributed by atoms with Crippen LogP contribution in [0.5, 0.6) is 0 Å². The number of hydrogen-bond acceptors (Lipinski definition) is 9. The number of nitrogens with two attached hydrogens (primary N) is 2. The molecule has 158 valence electrons. The zero-order valence-corrected chi connectivity index (χ0v) is 16.5. The number of fused-ring (bicyclic) bond motifs is 1. The molecule has 5 N–H and O–H groups in total. The summed E-state index contributed by atoms with van der Waals surface area (Å²) in [4.78, 5) is 13.1. The lowest BCUT2D eigenvalue weighted by Crippen LogP contribution is -2.14. The highest BCUT2D eigenvalue weighted by atomic mass is 19.1. The molecule has 0 saturated carbocycles. The van der Waals surface area contributed by atoms with E-state index in [4.69, 9.17) is 20.9 Å². The van der Waals surface area contributed by atoms with Gasteiger partial charge in [0, 0.05) is 18.9 Å². The summed E-state index contributed by atoms with van der Waals surface area (Å²) in [6, 6.07) is 10.1. The van der Waals surface area contributed by atoms with Gasteiger partial charge in [0.05, 0.1) is 11.9 Å². The van der Waals surface area contributed by atoms with Crippen LogP contribution in [-0.4, -0.2) is 44.4 Å². The molecule has 0 radical (unpaired) electrons. The van der Waals surface area contributed by atoms with Crippen LogP contribution in [0.1, 0.15) is 5.56 Å². The van der Waals surface area contributed by atoms with Gasteiger partial charge >= 0.3 is 0 Å². The van der Waals surface area contributed by atoms with Crippen molar-refractivity contribution in [3.05, 3.63) is 54.0 Å². The van der Waals surface area contributed by atoms with Gasteiger partial charge in [-0.05, 0) is 18.2 Å². The molecule has 11 heteroatoms. The summed E-state index contributed by atoms with van der Waals surface area (Å²) in [5.74, 6) is 0.216. The first-order valence-corrected chi connectivity index (χ1v) is 9.48. The van der Waals surface area contributed by atoms with Gasteiger partial charge < -0.3 is 26.3 Å². The lowest BCUT2D eigenvalue weighted by atomic mass is 10.2. The van der Waals surface area contributed by atoms with Crippen molar-refractivity contribution in [2.45, 2.75) is 19.1 Å². The predicted octanol–water partition coefficient (Wildman–Crippen LogP) is 1.98. The quantitative estimate of drug-likeness (QED) is 0.397. The number of nitrogen functional groups attached to an aromatic ring is 2. The van der Waals surface area contributed by atoms with E-state index in [-0.39, 0.29) is 42.3 Å². The number of pyridine rings is 1. The molecule has 1 fully saturated rings. The van der Waals surface area contributed by atoms with Crippen molar-refractivity contribution >= 4 is 28.4 Å². The zero-order valence-electron chi connectivity index (χ0n) is 16.5. The highest BCUT2D eigenvalue weighted by molar-refractivity contribution is 5.90. The molecule has 10 nitrogen and oxygen atoms in total. The first-order chi connectivity index (χ1) is 15.0. The Balaban J connectivity index is 1.54. The Morgan fingerprint density at radius 3 is 2.65 bits per heavy atom. The highest BCUT2D eigenvalue weighted by Gasteiger charge is 2.40. The molecule has 3 aromatic heterocycles. The van der Waals surface area contributed by atoms with Crippen LogP contribution >= 0.6 is 0 Å². The van der Waals surface area contributed by atoms with Crippen molar-refractivity contribution in [3.8, 4) is 11.5 Å². The average Bonchev–Trinajstić information content (AvgIpc) is 3.44. The molecule has 0 bridgehead atoms. The number of nitrogens with zero attached hydrogens (tertiary/aromatic N) is 5. The summed E-state index contributed by atoms with van der Waals surface area (Å²) in [6.07, 6.45) is 0.904. The van der Waals surface area contributed by atoms with E-state index in [2.05, 4.69) is 25.4 Å². The highest BCUT2D eigenvalue weighted by Crippen LogP contribution is 2.33. The van der Waals surface area contributed by atoms with Crippen LogP contribution in [0.25, 0.3) is 22.6 Å². The minimum Gasteiger partial charge on any atom is -0.382 e. The number of halogens is 1. The third kappa shape index (κ3) is 3.49. The summed E-state index contributed by atoms with van der Waals surface area (Å²) in [7, 11) is 1.54. The number of rotatable bonds is 6. The fraction of sp³-hybridized carbons (Fsp3) is 0.200. The van der Waals surface area contributed by atoms with Crippen LogP contribution in [0.4, 0.5) is 21.7 Å². The SMILES string of the molecule is COC1OC1Nc1c(N)nc(-c2nn(Cc3ccccc3F)c3ncccc23)nc1N. The molecule has 4 aromatic rings. The van der Waals surface area contributed by atoms with Gasteiger partial charge in [-0.25, -0.2) is 24.0 Å². The standard InChI is InChI=1S/C20H19FN8O2/c1-30-20-19(31-20)25-14-15(22)26-17(27-16(14)23)13-11-6-4-8-24-18(11)29(28-13)9-10-5-2-3-7-12(10)21/h2-8,19-20,25H,9H2,1H3,(H4,22,23,26,27). The fourth-order valence-corrected chi connectivity index (χ4v) is 3.35. The van der Waals surface area contributed by atoms with Crippen LogP contribution in [0.2, 0.25) is 0 Å². The van der Waals surface area contributed by atoms with Crippen molar-refractivity contribution in [2.24, 2.45) is 0 Å². The molecule has 1 saturated heterocycles. The number of benzene rings is 1. The molecule has 2 atom stereocenters. The third-order valence-corrected chi connectivity index (χ3v) is 4.93.